The Bertz CT molecular complexity index is 398. The minimum atomic E-state index is -0.619. The third kappa shape index (κ3) is 5.76. The summed E-state index contributed by atoms with van der Waals surface area (Å²) in [6.45, 7) is 8.23. The molecule has 1 N–H and O–H groups in total. The van der Waals surface area contributed by atoms with Crippen LogP contribution in [0.3, 0.4) is 0 Å². The maximum atomic E-state index is 12.1. The van der Waals surface area contributed by atoms with Crippen LogP contribution in [0.2, 0.25) is 0 Å². The molecule has 0 spiro atoms. The van der Waals surface area contributed by atoms with Gasteiger partial charge in [0.05, 0.1) is 6.61 Å². The highest BCUT2D eigenvalue weighted by Crippen LogP contribution is 2.23. The van der Waals surface area contributed by atoms with Gasteiger partial charge in [-0.1, -0.05) is 11.8 Å². The SMILES string of the molecule is CCOC(=O)C(C)(CCCSc1ncns1)NC(C)C. The molecule has 0 aliphatic rings. The van der Waals surface area contributed by atoms with E-state index in [1.807, 2.05) is 27.7 Å². The number of carbonyl (C=O) groups excluding carboxylic acids is 1. The van der Waals surface area contributed by atoms with Crippen molar-refractivity contribution in [3.63, 3.8) is 0 Å². The summed E-state index contributed by atoms with van der Waals surface area (Å²) >= 11 is 3.08. The fourth-order valence-electron chi connectivity index (χ4n) is 1.97. The van der Waals surface area contributed by atoms with E-state index in [-0.39, 0.29) is 12.0 Å². The Morgan fingerprint density at radius 1 is 1.60 bits per heavy atom. The molecule has 114 valence electrons. The predicted octanol–water partition coefficient (Wildman–Crippen LogP) is 2.73. The molecule has 0 radical (unpaired) electrons. The van der Waals surface area contributed by atoms with Gasteiger partial charge >= 0.3 is 5.97 Å². The molecular formula is C13H23N3O2S2. The third-order valence-corrected chi connectivity index (χ3v) is 4.60. The zero-order valence-corrected chi connectivity index (χ0v) is 14.1. The van der Waals surface area contributed by atoms with Gasteiger partial charge in [-0.15, -0.1) is 0 Å². The highest BCUT2D eigenvalue weighted by atomic mass is 32.2. The van der Waals surface area contributed by atoms with Crippen LogP contribution in [0.4, 0.5) is 0 Å². The molecule has 0 aliphatic carbocycles. The molecule has 7 heteroatoms. The van der Waals surface area contributed by atoms with Gasteiger partial charge in [-0.05, 0) is 52.1 Å². The third-order valence-electron chi connectivity index (χ3n) is 2.72. The minimum absolute atomic E-state index is 0.172. The van der Waals surface area contributed by atoms with E-state index in [0.29, 0.717) is 6.61 Å². The number of hydrogen-bond acceptors (Lipinski definition) is 7. The van der Waals surface area contributed by atoms with Crippen LogP contribution in [-0.4, -0.2) is 39.3 Å². The molecule has 1 aromatic heterocycles. The zero-order valence-electron chi connectivity index (χ0n) is 12.5. The Morgan fingerprint density at radius 2 is 2.35 bits per heavy atom. The van der Waals surface area contributed by atoms with Crippen molar-refractivity contribution < 1.29 is 9.53 Å². The van der Waals surface area contributed by atoms with Crippen LogP contribution in [0, 0.1) is 0 Å². The van der Waals surface area contributed by atoms with Gasteiger partial charge in [-0.25, -0.2) is 4.98 Å². The number of ether oxygens (including phenoxy) is 1. The molecule has 1 aromatic rings. The molecule has 1 heterocycles. The van der Waals surface area contributed by atoms with E-state index in [1.165, 1.54) is 11.5 Å². The van der Waals surface area contributed by atoms with Crippen molar-refractivity contribution in [1.82, 2.24) is 14.7 Å². The summed E-state index contributed by atoms with van der Waals surface area (Å²) in [6, 6.07) is 0.236. The highest BCUT2D eigenvalue weighted by molar-refractivity contribution is 8.00. The van der Waals surface area contributed by atoms with Crippen LogP contribution in [0.15, 0.2) is 10.7 Å². The summed E-state index contributed by atoms with van der Waals surface area (Å²) in [5.74, 6) is 0.749. The maximum Gasteiger partial charge on any atom is 0.326 e. The van der Waals surface area contributed by atoms with Crippen LogP contribution < -0.4 is 5.32 Å². The maximum absolute atomic E-state index is 12.1. The standard InChI is InChI=1S/C13H23N3O2S2/c1-5-18-11(17)13(4,16-10(2)3)7-6-8-19-12-14-9-15-20-12/h9-10,16H,5-8H2,1-4H3. The van der Waals surface area contributed by atoms with Gasteiger partial charge in [0, 0.05) is 11.8 Å². The van der Waals surface area contributed by atoms with Crippen molar-refractivity contribution in [3.8, 4) is 0 Å². The van der Waals surface area contributed by atoms with Gasteiger partial charge in [0.15, 0.2) is 4.34 Å². The van der Waals surface area contributed by atoms with Gasteiger partial charge in [0.2, 0.25) is 0 Å². The topological polar surface area (TPSA) is 64.1 Å². The number of aromatic nitrogens is 2. The van der Waals surface area contributed by atoms with Crippen molar-refractivity contribution in [1.29, 1.82) is 0 Å². The lowest BCUT2D eigenvalue weighted by atomic mass is 9.95. The lowest BCUT2D eigenvalue weighted by Crippen LogP contribution is -2.53. The molecular weight excluding hydrogens is 294 g/mol. The van der Waals surface area contributed by atoms with Crippen molar-refractivity contribution in [2.24, 2.45) is 0 Å². The first-order valence-electron chi connectivity index (χ1n) is 6.82. The minimum Gasteiger partial charge on any atom is -0.465 e. The van der Waals surface area contributed by atoms with E-state index >= 15 is 0 Å². The lowest BCUT2D eigenvalue weighted by molar-refractivity contribution is -0.151. The van der Waals surface area contributed by atoms with Crippen LogP contribution in [-0.2, 0) is 9.53 Å². The van der Waals surface area contributed by atoms with Gasteiger partial charge in [-0.2, -0.15) is 4.37 Å². The molecule has 1 rings (SSSR count). The van der Waals surface area contributed by atoms with Gasteiger partial charge in [0.1, 0.15) is 11.9 Å². The first-order chi connectivity index (χ1) is 9.48. The smallest absolute Gasteiger partial charge is 0.326 e. The van der Waals surface area contributed by atoms with Crippen molar-refractivity contribution in [2.45, 2.75) is 56.5 Å². The Kier molecular flexibility index (Phi) is 7.47. The Hall–Kier alpha value is -0.660. The van der Waals surface area contributed by atoms with Crippen LogP contribution in [0.5, 0.6) is 0 Å². The average Bonchev–Trinajstić information content (AvgIpc) is 2.87. The molecule has 0 saturated heterocycles. The Balaban J connectivity index is 2.45. The normalized spacial score (nSPS) is 14.2. The van der Waals surface area contributed by atoms with E-state index in [0.717, 1.165) is 22.9 Å². The molecule has 0 aliphatic heterocycles. The molecule has 0 bridgehead atoms. The monoisotopic (exact) mass is 317 g/mol. The van der Waals surface area contributed by atoms with Gasteiger partial charge in [-0.3, -0.25) is 10.1 Å². The molecule has 0 fully saturated rings. The number of nitrogens with zero attached hydrogens (tertiary/aromatic N) is 2. The van der Waals surface area contributed by atoms with Crippen LogP contribution in [0.25, 0.3) is 0 Å². The number of carbonyl (C=O) groups is 1. The van der Waals surface area contributed by atoms with Crippen molar-refractivity contribution >= 4 is 29.3 Å². The molecule has 0 aromatic carbocycles. The first-order valence-corrected chi connectivity index (χ1v) is 8.58. The molecule has 1 unspecified atom stereocenters. The highest BCUT2D eigenvalue weighted by Gasteiger charge is 2.34. The van der Waals surface area contributed by atoms with E-state index in [2.05, 4.69) is 14.7 Å². The number of hydrogen-bond donors (Lipinski definition) is 1. The molecule has 5 nitrogen and oxygen atoms in total. The van der Waals surface area contributed by atoms with E-state index in [1.54, 1.807) is 18.1 Å². The fourth-order valence-corrected chi connectivity index (χ4v) is 3.43. The average molecular weight is 317 g/mol. The predicted molar refractivity (Wildman–Crippen MR) is 83.2 cm³/mol. The zero-order chi connectivity index (χ0) is 15.0. The fraction of sp³-hybridized carbons (Fsp3) is 0.769. The summed E-state index contributed by atoms with van der Waals surface area (Å²) < 4.78 is 10.1. The first kappa shape index (κ1) is 17.4. The van der Waals surface area contributed by atoms with Crippen LogP contribution >= 0.6 is 23.3 Å². The molecule has 0 amide bonds. The van der Waals surface area contributed by atoms with Gasteiger partial charge < -0.3 is 4.74 Å². The quantitative estimate of drug-likeness (QED) is 0.429. The second-order valence-corrected chi connectivity index (χ2v) is 7.13. The van der Waals surface area contributed by atoms with Crippen molar-refractivity contribution in [3.05, 3.63) is 6.33 Å². The van der Waals surface area contributed by atoms with E-state index < -0.39 is 5.54 Å². The van der Waals surface area contributed by atoms with Gasteiger partial charge in [0.25, 0.3) is 0 Å². The largest absolute Gasteiger partial charge is 0.465 e. The number of rotatable bonds is 9. The number of thioether (sulfide) groups is 1. The molecule has 20 heavy (non-hydrogen) atoms. The van der Waals surface area contributed by atoms with Crippen LogP contribution in [0.1, 0.15) is 40.5 Å². The summed E-state index contributed by atoms with van der Waals surface area (Å²) in [7, 11) is 0. The summed E-state index contributed by atoms with van der Waals surface area (Å²) in [5.41, 5.74) is -0.619. The Morgan fingerprint density at radius 3 is 2.90 bits per heavy atom. The second-order valence-electron chi connectivity index (χ2n) is 5.01. The molecule has 1 atom stereocenters. The summed E-state index contributed by atoms with van der Waals surface area (Å²) in [5, 5.41) is 3.33. The second kappa shape index (κ2) is 8.59. The van der Waals surface area contributed by atoms with Crippen molar-refractivity contribution in [2.75, 3.05) is 12.4 Å². The summed E-state index contributed by atoms with van der Waals surface area (Å²) in [4.78, 5) is 16.2. The summed E-state index contributed by atoms with van der Waals surface area (Å²) in [6.07, 6.45) is 3.23. The Labute approximate surface area is 129 Å². The number of nitrogens with one attached hydrogen (secondary N) is 1. The lowest BCUT2D eigenvalue weighted by Gasteiger charge is -2.30. The van der Waals surface area contributed by atoms with E-state index in [9.17, 15) is 4.79 Å². The molecule has 0 saturated carbocycles. The van der Waals surface area contributed by atoms with E-state index in [4.69, 9.17) is 4.74 Å². The number of esters is 1.